The summed E-state index contributed by atoms with van der Waals surface area (Å²) < 4.78 is 28.5. The molecule has 0 bridgehead atoms. The van der Waals surface area contributed by atoms with Crippen LogP contribution in [0.2, 0.25) is 5.02 Å². The van der Waals surface area contributed by atoms with E-state index in [1.165, 1.54) is 17.0 Å². The molecule has 38 heavy (non-hydrogen) atoms. The molecule has 3 aromatic rings. The highest BCUT2D eigenvalue weighted by Gasteiger charge is 2.51. The molecule has 198 valence electrons. The Morgan fingerprint density at radius 2 is 1.32 bits per heavy atom. The van der Waals surface area contributed by atoms with E-state index in [9.17, 15) is 18.0 Å². The first-order chi connectivity index (χ1) is 18.3. The predicted molar refractivity (Wildman–Crippen MR) is 148 cm³/mol. The summed E-state index contributed by atoms with van der Waals surface area (Å²) in [6, 6.07) is 23.7. The zero-order valence-electron chi connectivity index (χ0n) is 21.0. The number of carbonyl (C=O) groups is 2. The van der Waals surface area contributed by atoms with E-state index in [2.05, 4.69) is 4.90 Å². The van der Waals surface area contributed by atoms with E-state index in [4.69, 9.17) is 11.6 Å². The summed E-state index contributed by atoms with van der Waals surface area (Å²) >= 11 is 6.11. The lowest BCUT2D eigenvalue weighted by molar-refractivity contribution is -0.130. The van der Waals surface area contributed by atoms with Gasteiger partial charge in [-0.05, 0) is 54.8 Å². The van der Waals surface area contributed by atoms with E-state index < -0.39 is 27.4 Å². The van der Waals surface area contributed by atoms with Crippen LogP contribution in [0.1, 0.15) is 31.2 Å². The third-order valence-corrected chi connectivity index (χ3v) is 9.50. The molecule has 5 rings (SSSR count). The number of rotatable bonds is 5. The number of sulfonamides is 1. The van der Waals surface area contributed by atoms with Crippen LogP contribution in [0, 0.1) is 0 Å². The van der Waals surface area contributed by atoms with Gasteiger partial charge >= 0.3 is 6.03 Å². The molecule has 2 fully saturated rings. The second-order valence-electron chi connectivity index (χ2n) is 9.78. The molecule has 1 saturated carbocycles. The molecule has 0 spiro atoms. The van der Waals surface area contributed by atoms with Gasteiger partial charge in [0.05, 0.1) is 10.3 Å². The van der Waals surface area contributed by atoms with Crippen molar-refractivity contribution >= 4 is 39.2 Å². The SMILES string of the molecule is O=C(N1CCN(c2ccccc2)CC1)N(C(=O)C1(c2ccc(Cl)cc2)CCCC1)S(=O)(=O)c1ccccc1. The molecular formula is C29H30ClN3O4S. The molecule has 3 aromatic carbocycles. The van der Waals surface area contributed by atoms with Crippen molar-refractivity contribution in [1.29, 1.82) is 0 Å². The Hall–Kier alpha value is -3.36. The predicted octanol–water partition coefficient (Wildman–Crippen LogP) is 5.31. The number of nitrogens with zero attached hydrogens (tertiary/aromatic N) is 3. The minimum atomic E-state index is -4.45. The Balaban J connectivity index is 1.50. The lowest BCUT2D eigenvalue weighted by Crippen LogP contribution is -2.58. The van der Waals surface area contributed by atoms with E-state index in [1.807, 2.05) is 30.3 Å². The Morgan fingerprint density at radius 1 is 0.763 bits per heavy atom. The number of benzene rings is 3. The maximum atomic E-state index is 14.4. The molecule has 0 unspecified atom stereocenters. The summed E-state index contributed by atoms with van der Waals surface area (Å²) in [5, 5.41) is 0.524. The van der Waals surface area contributed by atoms with E-state index in [0.717, 1.165) is 18.5 Å². The van der Waals surface area contributed by atoms with Gasteiger partial charge in [0.15, 0.2) is 0 Å². The largest absolute Gasteiger partial charge is 0.368 e. The lowest BCUT2D eigenvalue weighted by Gasteiger charge is -2.39. The van der Waals surface area contributed by atoms with Crippen molar-refractivity contribution < 1.29 is 18.0 Å². The quantitative estimate of drug-likeness (QED) is 0.429. The number of hydrogen-bond acceptors (Lipinski definition) is 5. The summed E-state index contributed by atoms with van der Waals surface area (Å²) in [4.78, 5) is 31.9. The zero-order valence-corrected chi connectivity index (χ0v) is 22.6. The Bertz CT molecular complexity index is 1380. The average molecular weight is 552 g/mol. The molecule has 1 aliphatic carbocycles. The van der Waals surface area contributed by atoms with Crippen molar-refractivity contribution in [1.82, 2.24) is 9.21 Å². The van der Waals surface area contributed by atoms with Gasteiger partial charge in [-0.15, -0.1) is 0 Å². The van der Waals surface area contributed by atoms with Crippen molar-refractivity contribution in [3.05, 3.63) is 95.5 Å². The summed E-state index contributed by atoms with van der Waals surface area (Å²) in [6.07, 6.45) is 2.45. The molecule has 0 N–H and O–H groups in total. The first kappa shape index (κ1) is 26.3. The molecule has 7 nitrogen and oxygen atoms in total. The molecule has 1 saturated heterocycles. The van der Waals surface area contributed by atoms with Crippen LogP contribution in [0.4, 0.5) is 10.5 Å². The molecule has 0 radical (unpaired) electrons. The molecular weight excluding hydrogens is 522 g/mol. The number of hydrogen-bond donors (Lipinski definition) is 0. The van der Waals surface area contributed by atoms with Crippen LogP contribution in [0.3, 0.4) is 0 Å². The van der Waals surface area contributed by atoms with Gasteiger partial charge in [-0.2, -0.15) is 4.31 Å². The van der Waals surface area contributed by atoms with Gasteiger partial charge in [0.1, 0.15) is 0 Å². The maximum absolute atomic E-state index is 14.4. The Kier molecular flexibility index (Phi) is 7.45. The maximum Gasteiger partial charge on any atom is 0.341 e. The standard InChI is InChI=1S/C29H30ClN3O4S/c30-24-15-13-23(14-16-24)29(17-7-8-18-29)27(34)33(38(36,37)26-11-5-2-6-12-26)28(35)32-21-19-31(20-22-32)25-9-3-1-4-10-25/h1-6,9-16H,7-8,17-22H2. The fourth-order valence-corrected chi connectivity index (χ4v) is 7.04. The van der Waals surface area contributed by atoms with Gasteiger partial charge in [-0.1, -0.05) is 73.0 Å². The number of anilines is 1. The smallest absolute Gasteiger partial charge is 0.341 e. The van der Waals surface area contributed by atoms with Gasteiger partial charge in [0, 0.05) is 36.9 Å². The first-order valence-electron chi connectivity index (χ1n) is 12.8. The molecule has 0 atom stereocenters. The van der Waals surface area contributed by atoms with Gasteiger partial charge < -0.3 is 9.80 Å². The monoisotopic (exact) mass is 551 g/mol. The topological polar surface area (TPSA) is 78.0 Å². The molecule has 2 aliphatic rings. The number of imide groups is 1. The fourth-order valence-electron chi connectivity index (χ4n) is 5.49. The van der Waals surface area contributed by atoms with Crippen molar-refractivity contribution in [2.75, 3.05) is 31.1 Å². The van der Waals surface area contributed by atoms with Gasteiger partial charge in [-0.25, -0.2) is 13.2 Å². The zero-order chi connectivity index (χ0) is 26.8. The van der Waals surface area contributed by atoms with Crippen LogP contribution in [-0.2, 0) is 20.2 Å². The third kappa shape index (κ3) is 4.90. The summed E-state index contributed by atoms with van der Waals surface area (Å²) in [6.45, 7) is 1.67. The van der Waals surface area contributed by atoms with E-state index >= 15 is 0 Å². The second-order valence-corrected chi connectivity index (χ2v) is 12.0. The second kappa shape index (κ2) is 10.8. The number of halogens is 1. The normalized spacial score (nSPS) is 17.3. The molecule has 0 aromatic heterocycles. The van der Waals surface area contributed by atoms with Crippen LogP contribution in [0.15, 0.2) is 89.8 Å². The Morgan fingerprint density at radius 3 is 1.89 bits per heavy atom. The summed E-state index contributed by atoms with van der Waals surface area (Å²) in [5.41, 5.74) is 0.602. The molecule has 1 heterocycles. The van der Waals surface area contributed by atoms with Crippen molar-refractivity contribution in [2.45, 2.75) is 36.0 Å². The highest BCUT2D eigenvalue weighted by molar-refractivity contribution is 7.90. The highest BCUT2D eigenvalue weighted by Crippen LogP contribution is 2.44. The van der Waals surface area contributed by atoms with Crippen molar-refractivity contribution in [3.8, 4) is 0 Å². The Labute approximate surface area is 228 Å². The summed E-state index contributed by atoms with van der Waals surface area (Å²) in [5.74, 6) is -0.698. The van der Waals surface area contributed by atoms with E-state index in [0.29, 0.717) is 53.9 Å². The minimum absolute atomic E-state index is 0.0890. The minimum Gasteiger partial charge on any atom is -0.368 e. The number of urea groups is 1. The number of carbonyl (C=O) groups excluding carboxylic acids is 2. The van der Waals surface area contributed by atoms with Crippen LogP contribution < -0.4 is 4.90 Å². The van der Waals surface area contributed by atoms with Crippen LogP contribution in [-0.4, -0.2) is 55.7 Å². The average Bonchev–Trinajstić information content (AvgIpc) is 3.46. The van der Waals surface area contributed by atoms with Crippen LogP contribution >= 0.6 is 11.6 Å². The molecule has 9 heteroatoms. The van der Waals surface area contributed by atoms with Crippen molar-refractivity contribution in [2.24, 2.45) is 0 Å². The van der Waals surface area contributed by atoms with E-state index in [-0.39, 0.29) is 4.90 Å². The van der Waals surface area contributed by atoms with Gasteiger partial charge in [0.25, 0.3) is 15.9 Å². The third-order valence-electron chi connectivity index (χ3n) is 7.57. The van der Waals surface area contributed by atoms with Gasteiger partial charge in [0.2, 0.25) is 0 Å². The first-order valence-corrected chi connectivity index (χ1v) is 14.6. The number of piperazine rings is 1. The number of amides is 3. The molecule has 1 aliphatic heterocycles. The lowest BCUT2D eigenvalue weighted by atomic mass is 9.78. The summed E-state index contributed by atoms with van der Waals surface area (Å²) in [7, 11) is -4.45. The molecule has 3 amide bonds. The highest BCUT2D eigenvalue weighted by atomic mass is 35.5. The van der Waals surface area contributed by atoms with E-state index in [1.54, 1.807) is 42.5 Å². The van der Waals surface area contributed by atoms with Crippen LogP contribution in [0.25, 0.3) is 0 Å². The van der Waals surface area contributed by atoms with Crippen molar-refractivity contribution in [3.63, 3.8) is 0 Å². The fraction of sp³-hybridized carbons (Fsp3) is 0.310. The van der Waals surface area contributed by atoms with Gasteiger partial charge in [-0.3, -0.25) is 4.79 Å². The number of para-hydroxylation sites is 1. The van der Waals surface area contributed by atoms with Crippen LogP contribution in [0.5, 0.6) is 0 Å².